The van der Waals surface area contributed by atoms with Crippen LogP contribution in [0.15, 0.2) is 6.20 Å². The van der Waals surface area contributed by atoms with Crippen LogP contribution in [-0.2, 0) is 6.54 Å². The third-order valence-electron chi connectivity index (χ3n) is 3.80. The maximum Gasteiger partial charge on any atom is 0.128 e. The van der Waals surface area contributed by atoms with Crippen LogP contribution in [0, 0.1) is 13.8 Å². The van der Waals surface area contributed by atoms with E-state index in [0.717, 1.165) is 43.2 Å². The molecule has 0 saturated carbocycles. The molecule has 1 aromatic rings. The SMILES string of the molecule is COc1c(C)cnc(CN2CCCNC(C)C2)c1C. The van der Waals surface area contributed by atoms with Crippen molar-refractivity contribution in [2.45, 2.75) is 39.8 Å². The van der Waals surface area contributed by atoms with Gasteiger partial charge in [0.2, 0.25) is 0 Å². The highest BCUT2D eigenvalue weighted by Gasteiger charge is 2.17. The second-order valence-corrected chi connectivity index (χ2v) is 5.49. The molecule has 1 atom stereocenters. The van der Waals surface area contributed by atoms with Crippen LogP contribution in [0.4, 0.5) is 0 Å². The normalized spacial score (nSPS) is 21.2. The fourth-order valence-electron chi connectivity index (χ4n) is 2.78. The lowest BCUT2D eigenvalue weighted by Gasteiger charge is -2.23. The largest absolute Gasteiger partial charge is 0.496 e. The van der Waals surface area contributed by atoms with Crippen molar-refractivity contribution in [3.63, 3.8) is 0 Å². The highest BCUT2D eigenvalue weighted by Crippen LogP contribution is 2.24. The van der Waals surface area contributed by atoms with Crippen LogP contribution in [0.3, 0.4) is 0 Å². The highest BCUT2D eigenvalue weighted by molar-refractivity contribution is 5.41. The molecule has 0 spiro atoms. The molecule has 1 fully saturated rings. The van der Waals surface area contributed by atoms with Gasteiger partial charge in [0.1, 0.15) is 5.75 Å². The smallest absolute Gasteiger partial charge is 0.128 e. The lowest BCUT2D eigenvalue weighted by Crippen LogP contribution is -2.35. The molecule has 4 nitrogen and oxygen atoms in total. The Kier molecular flexibility index (Phi) is 4.77. The maximum atomic E-state index is 5.48. The lowest BCUT2D eigenvalue weighted by molar-refractivity contribution is 0.260. The van der Waals surface area contributed by atoms with Gasteiger partial charge < -0.3 is 10.1 Å². The summed E-state index contributed by atoms with van der Waals surface area (Å²) in [5.41, 5.74) is 3.42. The van der Waals surface area contributed by atoms with Gasteiger partial charge in [0, 0.05) is 36.5 Å². The first-order chi connectivity index (χ1) is 9.11. The van der Waals surface area contributed by atoms with Crippen LogP contribution < -0.4 is 10.1 Å². The quantitative estimate of drug-likeness (QED) is 0.903. The van der Waals surface area contributed by atoms with Gasteiger partial charge in [-0.05, 0) is 40.3 Å². The Balaban J connectivity index is 2.14. The molecule has 1 aromatic heterocycles. The summed E-state index contributed by atoms with van der Waals surface area (Å²) in [6, 6.07) is 0.551. The Morgan fingerprint density at radius 3 is 3.00 bits per heavy atom. The van der Waals surface area contributed by atoms with Crippen molar-refractivity contribution in [1.29, 1.82) is 0 Å². The van der Waals surface area contributed by atoms with Gasteiger partial charge in [-0.25, -0.2) is 0 Å². The Morgan fingerprint density at radius 1 is 1.47 bits per heavy atom. The summed E-state index contributed by atoms with van der Waals surface area (Å²) in [6.07, 6.45) is 3.12. The topological polar surface area (TPSA) is 37.4 Å². The van der Waals surface area contributed by atoms with E-state index < -0.39 is 0 Å². The standard InChI is InChI=1S/C15H25N3O/c1-11-8-17-14(13(3)15(11)19-4)10-18-7-5-6-16-12(2)9-18/h8,12,16H,5-7,9-10H2,1-4H3. The zero-order valence-corrected chi connectivity index (χ0v) is 12.5. The number of aryl methyl sites for hydroxylation is 1. The van der Waals surface area contributed by atoms with Crippen molar-refractivity contribution in [3.8, 4) is 5.75 Å². The number of aromatic nitrogens is 1. The second-order valence-electron chi connectivity index (χ2n) is 5.49. The summed E-state index contributed by atoms with van der Waals surface area (Å²) < 4.78 is 5.48. The van der Waals surface area contributed by atoms with E-state index in [1.807, 2.05) is 13.1 Å². The summed E-state index contributed by atoms with van der Waals surface area (Å²) in [7, 11) is 1.73. The fraction of sp³-hybridized carbons (Fsp3) is 0.667. The number of nitrogens with zero attached hydrogens (tertiary/aromatic N) is 2. The molecule has 1 aliphatic rings. The van der Waals surface area contributed by atoms with Crippen LogP contribution in [0.2, 0.25) is 0 Å². The van der Waals surface area contributed by atoms with Crippen molar-refractivity contribution >= 4 is 0 Å². The number of pyridine rings is 1. The number of methoxy groups -OCH3 is 1. The first-order valence-corrected chi connectivity index (χ1v) is 7.06. The number of hydrogen-bond donors (Lipinski definition) is 1. The monoisotopic (exact) mass is 263 g/mol. The van der Waals surface area contributed by atoms with Gasteiger partial charge in [-0.2, -0.15) is 0 Å². The van der Waals surface area contributed by atoms with E-state index in [1.165, 1.54) is 12.0 Å². The summed E-state index contributed by atoms with van der Waals surface area (Å²) in [6.45, 7) is 10.6. The summed E-state index contributed by atoms with van der Waals surface area (Å²) >= 11 is 0. The van der Waals surface area contributed by atoms with Crippen LogP contribution in [0.25, 0.3) is 0 Å². The summed E-state index contributed by atoms with van der Waals surface area (Å²) in [5, 5.41) is 3.52. The molecular formula is C15H25N3O. The highest BCUT2D eigenvalue weighted by atomic mass is 16.5. The molecule has 2 rings (SSSR count). The van der Waals surface area contributed by atoms with E-state index in [9.17, 15) is 0 Å². The fourth-order valence-corrected chi connectivity index (χ4v) is 2.78. The number of rotatable bonds is 3. The van der Waals surface area contributed by atoms with Crippen molar-refractivity contribution in [3.05, 3.63) is 23.0 Å². The van der Waals surface area contributed by atoms with E-state index in [-0.39, 0.29) is 0 Å². The lowest BCUT2D eigenvalue weighted by atomic mass is 10.1. The Morgan fingerprint density at radius 2 is 2.26 bits per heavy atom. The first kappa shape index (κ1) is 14.3. The Bertz CT molecular complexity index is 434. The van der Waals surface area contributed by atoms with E-state index in [0.29, 0.717) is 6.04 Å². The third-order valence-corrected chi connectivity index (χ3v) is 3.80. The minimum Gasteiger partial charge on any atom is -0.496 e. The average Bonchev–Trinajstić information content (AvgIpc) is 2.58. The summed E-state index contributed by atoms with van der Waals surface area (Å²) in [4.78, 5) is 7.08. The predicted molar refractivity (Wildman–Crippen MR) is 77.6 cm³/mol. The molecule has 1 N–H and O–H groups in total. The Hall–Kier alpha value is -1.13. The molecule has 19 heavy (non-hydrogen) atoms. The van der Waals surface area contributed by atoms with Crippen molar-refractivity contribution in [2.75, 3.05) is 26.7 Å². The van der Waals surface area contributed by atoms with E-state index in [4.69, 9.17) is 4.74 Å². The van der Waals surface area contributed by atoms with E-state index >= 15 is 0 Å². The van der Waals surface area contributed by atoms with Crippen LogP contribution in [0.1, 0.15) is 30.2 Å². The van der Waals surface area contributed by atoms with Gasteiger partial charge in [-0.1, -0.05) is 0 Å². The molecule has 0 aliphatic carbocycles. The van der Waals surface area contributed by atoms with Gasteiger partial charge in [-0.3, -0.25) is 9.88 Å². The molecule has 1 aliphatic heterocycles. The van der Waals surface area contributed by atoms with Gasteiger partial charge in [0.05, 0.1) is 12.8 Å². The molecule has 106 valence electrons. The maximum absolute atomic E-state index is 5.48. The van der Waals surface area contributed by atoms with E-state index in [1.54, 1.807) is 7.11 Å². The van der Waals surface area contributed by atoms with Crippen molar-refractivity contribution in [2.24, 2.45) is 0 Å². The van der Waals surface area contributed by atoms with Crippen molar-refractivity contribution in [1.82, 2.24) is 15.2 Å². The van der Waals surface area contributed by atoms with Gasteiger partial charge >= 0.3 is 0 Å². The Labute approximate surface area is 116 Å². The number of nitrogens with one attached hydrogen (secondary N) is 1. The van der Waals surface area contributed by atoms with Crippen LogP contribution in [-0.4, -0.2) is 42.7 Å². The molecule has 1 unspecified atom stereocenters. The molecule has 0 radical (unpaired) electrons. The first-order valence-electron chi connectivity index (χ1n) is 7.06. The predicted octanol–water partition coefficient (Wildman–Crippen LogP) is 1.89. The minimum absolute atomic E-state index is 0.551. The van der Waals surface area contributed by atoms with Gasteiger partial charge in [0.25, 0.3) is 0 Å². The van der Waals surface area contributed by atoms with Crippen molar-refractivity contribution < 1.29 is 4.74 Å². The van der Waals surface area contributed by atoms with Crippen LogP contribution >= 0.6 is 0 Å². The average molecular weight is 263 g/mol. The molecule has 4 heteroatoms. The molecule has 0 amide bonds. The molecule has 2 heterocycles. The minimum atomic E-state index is 0.551. The third kappa shape index (κ3) is 3.45. The molecule has 0 aromatic carbocycles. The number of ether oxygens (including phenoxy) is 1. The zero-order valence-electron chi connectivity index (χ0n) is 12.5. The van der Waals surface area contributed by atoms with Gasteiger partial charge in [-0.15, -0.1) is 0 Å². The number of hydrogen-bond acceptors (Lipinski definition) is 4. The van der Waals surface area contributed by atoms with Gasteiger partial charge in [0.15, 0.2) is 0 Å². The molecule has 1 saturated heterocycles. The second kappa shape index (κ2) is 6.35. The molecule has 0 bridgehead atoms. The summed E-state index contributed by atoms with van der Waals surface area (Å²) in [5.74, 6) is 0.978. The zero-order chi connectivity index (χ0) is 13.8. The van der Waals surface area contributed by atoms with Crippen LogP contribution in [0.5, 0.6) is 5.75 Å². The molecular weight excluding hydrogens is 238 g/mol. The van der Waals surface area contributed by atoms with E-state index in [2.05, 4.69) is 29.0 Å².